The molecule has 0 unspecified atom stereocenters. The zero-order valence-electron chi connectivity index (χ0n) is 15.1. The molecule has 2 aromatic rings. The van der Waals surface area contributed by atoms with Gasteiger partial charge in [0.15, 0.2) is 0 Å². The summed E-state index contributed by atoms with van der Waals surface area (Å²) in [4.78, 5) is 0.182. The van der Waals surface area contributed by atoms with E-state index in [1.165, 1.54) is 23.5 Å². The highest BCUT2D eigenvalue weighted by Gasteiger charge is 2.25. The van der Waals surface area contributed by atoms with Crippen molar-refractivity contribution in [3.8, 4) is 17.2 Å². The largest absolute Gasteiger partial charge is 0.497 e. The summed E-state index contributed by atoms with van der Waals surface area (Å²) >= 11 is 0. The zero-order chi connectivity index (χ0) is 19.2. The second-order valence-electron chi connectivity index (χ2n) is 5.44. The maximum absolute atomic E-state index is 13.0. The van der Waals surface area contributed by atoms with Gasteiger partial charge in [-0.05, 0) is 42.5 Å². The van der Waals surface area contributed by atoms with Crippen molar-refractivity contribution >= 4 is 10.0 Å². The van der Waals surface area contributed by atoms with Crippen LogP contribution in [0.25, 0.3) is 0 Å². The lowest BCUT2D eigenvalue weighted by atomic mass is 10.2. The topological polar surface area (TPSA) is 65.1 Å². The third-order valence-electron chi connectivity index (χ3n) is 3.86. The Kier molecular flexibility index (Phi) is 6.65. The van der Waals surface area contributed by atoms with Crippen LogP contribution >= 0.6 is 0 Å². The summed E-state index contributed by atoms with van der Waals surface area (Å²) in [5.74, 6) is 1.81. The second kappa shape index (κ2) is 8.73. The van der Waals surface area contributed by atoms with Crippen molar-refractivity contribution in [3.05, 3.63) is 60.7 Å². The highest BCUT2D eigenvalue weighted by atomic mass is 32.2. The predicted molar refractivity (Wildman–Crippen MR) is 100 cm³/mol. The lowest BCUT2D eigenvalue weighted by Crippen LogP contribution is -2.31. The van der Waals surface area contributed by atoms with Crippen LogP contribution in [0.15, 0.2) is 60.0 Å². The zero-order valence-corrected chi connectivity index (χ0v) is 16.0. The van der Waals surface area contributed by atoms with Crippen LogP contribution in [0.3, 0.4) is 0 Å². The molecule has 7 heteroatoms. The highest BCUT2D eigenvalue weighted by molar-refractivity contribution is 7.89. The van der Waals surface area contributed by atoms with Gasteiger partial charge in [0.2, 0.25) is 10.0 Å². The van der Waals surface area contributed by atoms with Crippen molar-refractivity contribution in [2.45, 2.75) is 11.4 Å². The molecule has 0 heterocycles. The van der Waals surface area contributed by atoms with E-state index in [1.807, 2.05) is 0 Å². The summed E-state index contributed by atoms with van der Waals surface area (Å²) in [5.41, 5.74) is 0.700. The number of benzene rings is 2. The molecule has 2 aromatic carbocycles. The molecule has 0 spiro atoms. The van der Waals surface area contributed by atoms with Crippen LogP contribution in [-0.2, 0) is 16.6 Å². The van der Waals surface area contributed by atoms with E-state index in [1.54, 1.807) is 50.6 Å². The van der Waals surface area contributed by atoms with E-state index in [-0.39, 0.29) is 18.0 Å². The minimum absolute atomic E-state index is 0.126. The van der Waals surface area contributed by atoms with E-state index in [0.29, 0.717) is 22.8 Å². The van der Waals surface area contributed by atoms with Crippen LogP contribution in [0.2, 0.25) is 0 Å². The van der Waals surface area contributed by atoms with Crippen LogP contribution in [0.4, 0.5) is 0 Å². The molecule has 0 aliphatic carbocycles. The first-order chi connectivity index (χ1) is 12.5. The van der Waals surface area contributed by atoms with Gasteiger partial charge in [-0.1, -0.05) is 6.08 Å². The van der Waals surface area contributed by atoms with E-state index < -0.39 is 10.0 Å². The molecule has 0 N–H and O–H groups in total. The molecule has 140 valence electrons. The molecule has 0 atom stereocenters. The lowest BCUT2D eigenvalue weighted by molar-refractivity contribution is 0.383. The average molecular weight is 377 g/mol. The molecule has 2 rings (SSSR count). The van der Waals surface area contributed by atoms with Crippen molar-refractivity contribution in [2.24, 2.45) is 0 Å². The number of methoxy groups -OCH3 is 3. The number of sulfonamides is 1. The summed E-state index contributed by atoms with van der Waals surface area (Å²) in [6.45, 7) is 3.96. The van der Waals surface area contributed by atoms with Crippen LogP contribution in [0.5, 0.6) is 17.2 Å². The molecule has 0 aliphatic heterocycles. The SMILES string of the molecule is C=CCN(Cc1cc(OC)ccc1OC)S(=O)(=O)c1ccc(OC)cc1. The molecular weight excluding hydrogens is 354 g/mol. The van der Waals surface area contributed by atoms with Gasteiger partial charge in [-0.3, -0.25) is 0 Å². The van der Waals surface area contributed by atoms with Gasteiger partial charge < -0.3 is 14.2 Å². The van der Waals surface area contributed by atoms with Crippen LogP contribution < -0.4 is 14.2 Å². The quantitative estimate of drug-likeness (QED) is 0.629. The Bertz CT molecular complexity index is 847. The van der Waals surface area contributed by atoms with Crippen molar-refractivity contribution in [1.82, 2.24) is 4.31 Å². The fourth-order valence-electron chi connectivity index (χ4n) is 2.48. The van der Waals surface area contributed by atoms with Crippen LogP contribution in [-0.4, -0.2) is 40.6 Å². The number of hydrogen-bond donors (Lipinski definition) is 0. The molecule has 0 bridgehead atoms. The summed E-state index contributed by atoms with van der Waals surface area (Å²) in [6.07, 6.45) is 1.55. The van der Waals surface area contributed by atoms with Crippen molar-refractivity contribution in [2.75, 3.05) is 27.9 Å². The van der Waals surface area contributed by atoms with Gasteiger partial charge >= 0.3 is 0 Å². The van der Waals surface area contributed by atoms with Crippen LogP contribution in [0.1, 0.15) is 5.56 Å². The van der Waals surface area contributed by atoms with Gasteiger partial charge in [-0.2, -0.15) is 4.31 Å². The third kappa shape index (κ3) is 4.36. The summed E-state index contributed by atoms with van der Waals surface area (Å²) < 4.78 is 43.1. The maximum atomic E-state index is 13.0. The maximum Gasteiger partial charge on any atom is 0.243 e. The van der Waals surface area contributed by atoms with E-state index in [0.717, 1.165) is 0 Å². The summed E-state index contributed by atoms with van der Waals surface area (Å²) in [5, 5.41) is 0. The van der Waals surface area contributed by atoms with Gasteiger partial charge in [0, 0.05) is 18.7 Å². The third-order valence-corrected chi connectivity index (χ3v) is 5.69. The molecule has 0 radical (unpaired) electrons. The Morgan fingerprint density at radius 2 is 1.58 bits per heavy atom. The van der Waals surface area contributed by atoms with Gasteiger partial charge in [-0.15, -0.1) is 6.58 Å². The Morgan fingerprint density at radius 1 is 0.962 bits per heavy atom. The first-order valence-electron chi connectivity index (χ1n) is 7.92. The first-order valence-corrected chi connectivity index (χ1v) is 9.36. The molecule has 6 nitrogen and oxygen atoms in total. The standard InChI is InChI=1S/C19H23NO5S/c1-5-12-20(14-15-13-17(24-3)8-11-19(15)25-4)26(21,22)18-9-6-16(23-2)7-10-18/h5-11,13H,1,12,14H2,2-4H3. The number of nitrogens with zero attached hydrogens (tertiary/aromatic N) is 1. The molecule has 0 aromatic heterocycles. The smallest absolute Gasteiger partial charge is 0.243 e. The molecule has 26 heavy (non-hydrogen) atoms. The number of hydrogen-bond acceptors (Lipinski definition) is 5. The van der Waals surface area contributed by atoms with Gasteiger partial charge in [0.1, 0.15) is 17.2 Å². The minimum Gasteiger partial charge on any atom is -0.497 e. The highest BCUT2D eigenvalue weighted by Crippen LogP contribution is 2.28. The fraction of sp³-hybridized carbons (Fsp3) is 0.263. The summed E-state index contributed by atoms with van der Waals surface area (Å²) in [7, 11) is 0.909. The van der Waals surface area contributed by atoms with Crippen molar-refractivity contribution in [3.63, 3.8) is 0 Å². The van der Waals surface area contributed by atoms with Gasteiger partial charge in [-0.25, -0.2) is 8.42 Å². The normalized spacial score (nSPS) is 11.2. The van der Waals surface area contributed by atoms with E-state index in [4.69, 9.17) is 14.2 Å². The molecule has 0 amide bonds. The molecule has 0 aliphatic rings. The number of ether oxygens (including phenoxy) is 3. The molecule has 0 saturated carbocycles. The van der Waals surface area contributed by atoms with Crippen molar-refractivity contribution in [1.29, 1.82) is 0 Å². The van der Waals surface area contributed by atoms with Crippen LogP contribution in [0, 0.1) is 0 Å². The van der Waals surface area contributed by atoms with Gasteiger partial charge in [0.05, 0.1) is 26.2 Å². The van der Waals surface area contributed by atoms with E-state index in [9.17, 15) is 8.42 Å². The fourth-order valence-corrected chi connectivity index (χ4v) is 3.87. The lowest BCUT2D eigenvalue weighted by Gasteiger charge is -2.22. The number of rotatable bonds is 9. The Balaban J connectivity index is 2.40. The molecule has 0 fully saturated rings. The van der Waals surface area contributed by atoms with E-state index in [2.05, 4.69) is 6.58 Å². The average Bonchev–Trinajstić information content (AvgIpc) is 2.67. The van der Waals surface area contributed by atoms with E-state index >= 15 is 0 Å². The molecular formula is C19H23NO5S. The first kappa shape index (κ1) is 19.8. The Morgan fingerprint density at radius 3 is 2.12 bits per heavy atom. The Labute approximate surface area is 154 Å². The minimum atomic E-state index is -3.72. The van der Waals surface area contributed by atoms with Gasteiger partial charge in [0.25, 0.3) is 0 Å². The summed E-state index contributed by atoms with van der Waals surface area (Å²) in [6, 6.07) is 11.5. The second-order valence-corrected chi connectivity index (χ2v) is 7.38. The monoisotopic (exact) mass is 377 g/mol. The van der Waals surface area contributed by atoms with Crippen molar-refractivity contribution < 1.29 is 22.6 Å². The predicted octanol–water partition coefficient (Wildman–Crippen LogP) is 3.09. The molecule has 0 saturated heterocycles. The Hall–Kier alpha value is -2.51.